The number of para-hydroxylation sites is 1. The van der Waals surface area contributed by atoms with Gasteiger partial charge in [0.25, 0.3) is 5.91 Å². The zero-order chi connectivity index (χ0) is 22.7. The Morgan fingerprint density at radius 3 is 2.44 bits per heavy atom. The summed E-state index contributed by atoms with van der Waals surface area (Å²) in [4.78, 5) is 38.4. The molecule has 1 aliphatic heterocycles. The molecule has 9 heteroatoms. The van der Waals surface area contributed by atoms with Gasteiger partial charge in [-0.3, -0.25) is 14.4 Å². The molecule has 0 bridgehead atoms. The average Bonchev–Trinajstić information content (AvgIpc) is 3.24. The molecule has 0 saturated carbocycles. The summed E-state index contributed by atoms with van der Waals surface area (Å²) >= 11 is 0. The molecule has 1 aliphatic rings. The zero-order valence-electron chi connectivity index (χ0n) is 17.1. The van der Waals surface area contributed by atoms with Crippen LogP contribution < -0.4 is 10.6 Å². The Hall–Kier alpha value is -3.75. The van der Waals surface area contributed by atoms with Crippen LogP contribution in [0.2, 0.25) is 0 Å². The highest BCUT2D eigenvalue weighted by Crippen LogP contribution is 2.23. The van der Waals surface area contributed by atoms with Crippen molar-refractivity contribution in [1.29, 1.82) is 0 Å². The topological polar surface area (TPSA) is 91.7 Å². The van der Waals surface area contributed by atoms with Gasteiger partial charge in [-0.05, 0) is 43.0 Å². The molecule has 2 N–H and O–H groups in total. The number of furan rings is 1. The molecule has 0 atom stereocenters. The molecular formula is C23H21F2N3O4. The highest BCUT2D eigenvalue weighted by atomic mass is 19.2. The lowest BCUT2D eigenvalue weighted by molar-refractivity contribution is -0.136. The highest BCUT2D eigenvalue weighted by Gasteiger charge is 2.26. The molecule has 3 aromatic rings. The van der Waals surface area contributed by atoms with Gasteiger partial charge in [-0.2, -0.15) is 0 Å². The molecule has 3 amide bonds. The lowest BCUT2D eigenvalue weighted by Crippen LogP contribution is -2.43. The summed E-state index contributed by atoms with van der Waals surface area (Å²) in [6.07, 6.45) is 1.33. The van der Waals surface area contributed by atoms with Gasteiger partial charge in [0, 0.05) is 36.8 Å². The molecule has 1 saturated heterocycles. The highest BCUT2D eigenvalue weighted by molar-refractivity contribution is 6.39. The maximum atomic E-state index is 13.2. The van der Waals surface area contributed by atoms with Crippen molar-refractivity contribution in [1.82, 2.24) is 10.2 Å². The van der Waals surface area contributed by atoms with Crippen LogP contribution in [-0.2, 0) is 9.59 Å². The van der Waals surface area contributed by atoms with E-state index in [1.165, 1.54) is 6.07 Å². The lowest BCUT2D eigenvalue weighted by atomic mass is 9.96. The summed E-state index contributed by atoms with van der Waals surface area (Å²) in [7, 11) is 0. The number of halogens is 2. The maximum Gasteiger partial charge on any atom is 0.313 e. The van der Waals surface area contributed by atoms with Crippen LogP contribution in [0.1, 0.15) is 23.4 Å². The first kappa shape index (κ1) is 21.5. The number of nitrogens with one attached hydrogen (secondary N) is 2. The van der Waals surface area contributed by atoms with E-state index in [9.17, 15) is 23.2 Å². The van der Waals surface area contributed by atoms with Crippen LogP contribution in [0.15, 0.2) is 52.9 Å². The standard InChI is InChI=1S/C23H21F2N3O4/c24-17-6-5-16(12-18(17)25)27-22(30)21(29)26-13-14-7-9-28(10-8-14)23(31)20-11-15-3-1-2-4-19(15)32-20/h1-6,11-12,14H,7-10,13H2,(H,26,29)(H,27,30). The van der Waals surface area contributed by atoms with Crippen molar-refractivity contribution in [3.05, 3.63) is 65.9 Å². The number of anilines is 1. The molecule has 2 heterocycles. The van der Waals surface area contributed by atoms with E-state index >= 15 is 0 Å². The maximum absolute atomic E-state index is 13.2. The van der Waals surface area contributed by atoms with Gasteiger partial charge in [0.05, 0.1) is 0 Å². The number of carbonyl (C=O) groups is 3. The van der Waals surface area contributed by atoms with E-state index in [-0.39, 0.29) is 24.1 Å². The SMILES string of the molecule is O=C(NCC1CCN(C(=O)c2cc3ccccc3o2)CC1)C(=O)Nc1ccc(F)c(F)c1. The molecule has 1 aromatic heterocycles. The summed E-state index contributed by atoms with van der Waals surface area (Å²) < 4.78 is 31.8. The van der Waals surface area contributed by atoms with Gasteiger partial charge in [-0.1, -0.05) is 18.2 Å². The summed E-state index contributed by atoms with van der Waals surface area (Å²) in [6, 6.07) is 12.0. The second-order valence-electron chi connectivity index (χ2n) is 7.68. The molecule has 166 valence electrons. The van der Waals surface area contributed by atoms with E-state index in [1.54, 1.807) is 11.0 Å². The first-order valence-electron chi connectivity index (χ1n) is 10.2. The van der Waals surface area contributed by atoms with Crippen LogP contribution in [-0.4, -0.2) is 42.3 Å². The predicted molar refractivity (Wildman–Crippen MR) is 113 cm³/mol. The molecular weight excluding hydrogens is 420 g/mol. The normalized spacial score (nSPS) is 14.4. The molecule has 1 fully saturated rings. The van der Waals surface area contributed by atoms with Crippen molar-refractivity contribution >= 4 is 34.4 Å². The Morgan fingerprint density at radius 1 is 0.969 bits per heavy atom. The van der Waals surface area contributed by atoms with Crippen molar-refractivity contribution in [2.45, 2.75) is 12.8 Å². The monoisotopic (exact) mass is 441 g/mol. The van der Waals surface area contributed by atoms with E-state index in [1.807, 2.05) is 24.3 Å². The minimum atomic E-state index is -1.12. The Bertz CT molecular complexity index is 1140. The number of fused-ring (bicyclic) bond motifs is 1. The summed E-state index contributed by atoms with van der Waals surface area (Å²) in [5.74, 6) is -3.76. The predicted octanol–water partition coefficient (Wildman–Crippen LogP) is 3.32. The quantitative estimate of drug-likeness (QED) is 0.608. The summed E-state index contributed by atoms with van der Waals surface area (Å²) in [6.45, 7) is 1.30. The Kier molecular flexibility index (Phi) is 6.16. The van der Waals surface area contributed by atoms with Gasteiger partial charge < -0.3 is 20.0 Å². The van der Waals surface area contributed by atoms with Crippen molar-refractivity contribution in [3.63, 3.8) is 0 Å². The molecule has 4 rings (SSSR count). The second-order valence-corrected chi connectivity index (χ2v) is 7.68. The Morgan fingerprint density at radius 2 is 1.72 bits per heavy atom. The molecule has 0 spiro atoms. The van der Waals surface area contributed by atoms with Crippen LogP contribution in [0.4, 0.5) is 14.5 Å². The zero-order valence-corrected chi connectivity index (χ0v) is 17.1. The molecule has 0 aliphatic carbocycles. The van der Waals surface area contributed by atoms with Crippen molar-refractivity contribution < 1.29 is 27.6 Å². The van der Waals surface area contributed by atoms with E-state index in [4.69, 9.17) is 4.42 Å². The third-order valence-electron chi connectivity index (χ3n) is 5.47. The number of hydrogen-bond donors (Lipinski definition) is 2. The number of carbonyl (C=O) groups excluding carboxylic acids is 3. The van der Waals surface area contributed by atoms with Crippen LogP contribution in [0.3, 0.4) is 0 Å². The van der Waals surface area contributed by atoms with E-state index in [0.29, 0.717) is 37.3 Å². The van der Waals surface area contributed by atoms with E-state index in [0.717, 1.165) is 17.5 Å². The summed E-state index contributed by atoms with van der Waals surface area (Å²) in [5.41, 5.74) is 0.650. The number of nitrogens with zero attached hydrogens (tertiary/aromatic N) is 1. The molecule has 0 unspecified atom stereocenters. The fraction of sp³-hybridized carbons (Fsp3) is 0.261. The Balaban J connectivity index is 1.23. The second kappa shape index (κ2) is 9.17. The van der Waals surface area contributed by atoms with Crippen molar-refractivity contribution in [3.8, 4) is 0 Å². The fourth-order valence-corrected chi connectivity index (χ4v) is 3.66. The molecule has 32 heavy (non-hydrogen) atoms. The number of amides is 3. The third kappa shape index (κ3) is 4.77. The first-order chi connectivity index (χ1) is 15.4. The third-order valence-corrected chi connectivity index (χ3v) is 5.47. The first-order valence-corrected chi connectivity index (χ1v) is 10.2. The number of hydrogen-bond acceptors (Lipinski definition) is 4. The molecule has 7 nitrogen and oxygen atoms in total. The average molecular weight is 441 g/mol. The van der Waals surface area contributed by atoms with Crippen molar-refractivity contribution in [2.24, 2.45) is 5.92 Å². The number of benzene rings is 2. The van der Waals surface area contributed by atoms with Gasteiger partial charge >= 0.3 is 11.8 Å². The van der Waals surface area contributed by atoms with E-state index in [2.05, 4.69) is 10.6 Å². The van der Waals surface area contributed by atoms with Crippen LogP contribution in [0, 0.1) is 17.6 Å². The van der Waals surface area contributed by atoms with Crippen LogP contribution in [0.5, 0.6) is 0 Å². The van der Waals surface area contributed by atoms with Gasteiger partial charge in [0.1, 0.15) is 5.58 Å². The van der Waals surface area contributed by atoms with Crippen molar-refractivity contribution in [2.75, 3.05) is 25.0 Å². The van der Waals surface area contributed by atoms with E-state index < -0.39 is 23.4 Å². The number of likely N-dealkylation sites (tertiary alicyclic amines) is 1. The lowest BCUT2D eigenvalue weighted by Gasteiger charge is -2.31. The number of piperidine rings is 1. The largest absolute Gasteiger partial charge is 0.451 e. The van der Waals surface area contributed by atoms with Gasteiger partial charge in [-0.25, -0.2) is 8.78 Å². The number of rotatable bonds is 4. The van der Waals surface area contributed by atoms with Gasteiger partial charge in [0.2, 0.25) is 0 Å². The minimum absolute atomic E-state index is 0.0125. The molecule has 2 aromatic carbocycles. The van der Waals surface area contributed by atoms with Gasteiger partial charge in [-0.15, -0.1) is 0 Å². The fourth-order valence-electron chi connectivity index (χ4n) is 3.66. The minimum Gasteiger partial charge on any atom is -0.451 e. The Labute approximate surface area is 182 Å². The molecule has 0 radical (unpaired) electrons. The van der Waals surface area contributed by atoms with Crippen LogP contribution >= 0.6 is 0 Å². The smallest absolute Gasteiger partial charge is 0.313 e. The summed E-state index contributed by atoms with van der Waals surface area (Å²) in [5, 5.41) is 5.65. The van der Waals surface area contributed by atoms with Crippen LogP contribution in [0.25, 0.3) is 11.0 Å². The van der Waals surface area contributed by atoms with Gasteiger partial charge in [0.15, 0.2) is 17.4 Å².